The Morgan fingerprint density at radius 2 is 1.80 bits per heavy atom. The molecule has 1 aromatic rings. The van der Waals surface area contributed by atoms with Crippen LogP contribution in [0.1, 0.15) is 26.3 Å². The zero-order valence-corrected chi connectivity index (χ0v) is 11.8. The summed E-state index contributed by atoms with van der Waals surface area (Å²) in [5.41, 5.74) is 0.331. The average molecular weight is 281 g/mol. The third-order valence-corrected chi connectivity index (χ3v) is 2.12. The fourth-order valence-corrected chi connectivity index (χ4v) is 1.34. The SMILES string of the molecule is CC(C)(C)OC(=O)NCc1ccc(OCC(=O)O)cc1. The maximum atomic E-state index is 11.5. The van der Waals surface area contributed by atoms with Gasteiger partial charge in [0.2, 0.25) is 0 Å². The second-order valence-electron chi connectivity index (χ2n) is 5.18. The molecular weight excluding hydrogens is 262 g/mol. The van der Waals surface area contributed by atoms with E-state index < -0.39 is 17.7 Å². The van der Waals surface area contributed by atoms with Gasteiger partial charge in [-0.2, -0.15) is 0 Å². The van der Waals surface area contributed by atoms with Crippen molar-refractivity contribution in [2.45, 2.75) is 32.9 Å². The van der Waals surface area contributed by atoms with Crippen molar-refractivity contribution >= 4 is 12.1 Å². The zero-order chi connectivity index (χ0) is 15.2. The Morgan fingerprint density at radius 3 is 2.30 bits per heavy atom. The maximum Gasteiger partial charge on any atom is 0.407 e. The monoisotopic (exact) mass is 281 g/mol. The highest BCUT2D eigenvalue weighted by Gasteiger charge is 2.15. The molecular formula is C14H19NO5. The number of nitrogens with one attached hydrogen (secondary N) is 1. The number of hydrogen-bond acceptors (Lipinski definition) is 4. The summed E-state index contributed by atoms with van der Waals surface area (Å²) in [5.74, 6) is -0.561. The minimum Gasteiger partial charge on any atom is -0.482 e. The fourth-order valence-electron chi connectivity index (χ4n) is 1.34. The van der Waals surface area contributed by atoms with Gasteiger partial charge in [0.25, 0.3) is 0 Å². The van der Waals surface area contributed by atoms with Gasteiger partial charge in [0.15, 0.2) is 6.61 Å². The molecule has 1 amide bonds. The summed E-state index contributed by atoms with van der Waals surface area (Å²) in [6.07, 6.45) is -0.483. The Bertz CT molecular complexity index is 461. The van der Waals surface area contributed by atoms with Crippen molar-refractivity contribution in [3.63, 3.8) is 0 Å². The standard InChI is InChI=1S/C14H19NO5/c1-14(2,3)20-13(18)15-8-10-4-6-11(7-5-10)19-9-12(16)17/h4-7H,8-9H2,1-3H3,(H,15,18)(H,16,17). The van der Waals surface area contributed by atoms with Crippen molar-refractivity contribution in [2.24, 2.45) is 0 Å². The van der Waals surface area contributed by atoms with E-state index in [1.54, 1.807) is 45.0 Å². The fraction of sp³-hybridized carbons (Fsp3) is 0.429. The van der Waals surface area contributed by atoms with Crippen molar-refractivity contribution in [1.82, 2.24) is 5.32 Å². The molecule has 0 heterocycles. The van der Waals surface area contributed by atoms with Gasteiger partial charge in [-0.1, -0.05) is 12.1 Å². The van der Waals surface area contributed by atoms with Crippen LogP contribution in [0.25, 0.3) is 0 Å². The molecule has 0 aliphatic rings. The number of amides is 1. The molecule has 6 heteroatoms. The van der Waals surface area contributed by atoms with Crippen LogP contribution >= 0.6 is 0 Å². The topological polar surface area (TPSA) is 84.9 Å². The highest BCUT2D eigenvalue weighted by Crippen LogP contribution is 2.12. The summed E-state index contributed by atoms with van der Waals surface area (Å²) in [5, 5.41) is 11.1. The number of rotatable bonds is 5. The predicted octanol–water partition coefficient (Wildman–Crippen LogP) is 2.17. The molecule has 0 unspecified atom stereocenters. The molecule has 0 saturated heterocycles. The lowest BCUT2D eigenvalue weighted by atomic mass is 10.2. The summed E-state index contributed by atoms with van der Waals surface area (Å²) < 4.78 is 10.1. The molecule has 2 N–H and O–H groups in total. The van der Waals surface area contributed by atoms with Crippen LogP contribution in [0.4, 0.5) is 4.79 Å². The minimum atomic E-state index is -1.03. The molecule has 0 saturated carbocycles. The largest absolute Gasteiger partial charge is 0.482 e. The first kappa shape index (κ1) is 15.8. The van der Waals surface area contributed by atoms with Gasteiger partial charge in [-0.05, 0) is 38.5 Å². The zero-order valence-electron chi connectivity index (χ0n) is 11.8. The van der Waals surface area contributed by atoms with Crippen molar-refractivity contribution in [1.29, 1.82) is 0 Å². The second-order valence-corrected chi connectivity index (χ2v) is 5.18. The second kappa shape index (κ2) is 6.79. The van der Waals surface area contributed by atoms with E-state index in [1.807, 2.05) is 0 Å². The molecule has 110 valence electrons. The highest BCUT2D eigenvalue weighted by atomic mass is 16.6. The number of hydrogen-bond donors (Lipinski definition) is 2. The van der Waals surface area contributed by atoms with Crippen LogP contribution in [-0.4, -0.2) is 29.4 Å². The van der Waals surface area contributed by atoms with Crippen LogP contribution in [-0.2, 0) is 16.1 Å². The molecule has 0 aromatic heterocycles. The Hall–Kier alpha value is -2.24. The van der Waals surface area contributed by atoms with Crippen LogP contribution in [0.15, 0.2) is 24.3 Å². The third-order valence-electron chi connectivity index (χ3n) is 2.12. The third kappa shape index (κ3) is 6.63. The van der Waals surface area contributed by atoms with Crippen LogP contribution < -0.4 is 10.1 Å². The molecule has 0 radical (unpaired) electrons. The van der Waals surface area contributed by atoms with E-state index in [2.05, 4.69) is 5.32 Å². The first-order valence-electron chi connectivity index (χ1n) is 6.16. The lowest BCUT2D eigenvalue weighted by molar-refractivity contribution is -0.139. The normalized spacial score (nSPS) is 10.8. The summed E-state index contributed by atoms with van der Waals surface area (Å²) in [6, 6.07) is 6.78. The molecule has 0 fully saturated rings. The van der Waals surface area contributed by atoms with Gasteiger partial charge in [-0.3, -0.25) is 0 Å². The van der Waals surface area contributed by atoms with E-state index in [4.69, 9.17) is 14.6 Å². The quantitative estimate of drug-likeness (QED) is 0.864. The van der Waals surface area contributed by atoms with E-state index in [9.17, 15) is 9.59 Å². The molecule has 0 aliphatic heterocycles. The van der Waals surface area contributed by atoms with Gasteiger partial charge in [0.1, 0.15) is 11.4 Å². The number of carboxylic acid groups (broad SMARTS) is 1. The Balaban J connectivity index is 2.42. The van der Waals surface area contributed by atoms with Crippen LogP contribution in [0.5, 0.6) is 5.75 Å². The molecule has 0 bridgehead atoms. The molecule has 0 atom stereocenters. The molecule has 1 rings (SSSR count). The van der Waals surface area contributed by atoms with Gasteiger partial charge >= 0.3 is 12.1 Å². The maximum absolute atomic E-state index is 11.5. The van der Waals surface area contributed by atoms with E-state index in [0.29, 0.717) is 12.3 Å². The number of carbonyl (C=O) groups excluding carboxylic acids is 1. The van der Waals surface area contributed by atoms with Crippen LogP contribution in [0.2, 0.25) is 0 Å². The lowest BCUT2D eigenvalue weighted by Crippen LogP contribution is -2.32. The number of carboxylic acids is 1. The summed E-state index contributed by atoms with van der Waals surface area (Å²) in [4.78, 5) is 21.8. The van der Waals surface area contributed by atoms with Crippen LogP contribution in [0, 0.1) is 0 Å². The molecule has 20 heavy (non-hydrogen) atoms. The van der Waals surface area contributed by atoms with Gasteiger partial charge in [-0.15, -0.1) is 0 Å². The van der Waals surface area contributed by atoms with E-state index in [1.165, 1.54) is 0 Å². The number of alkyl carbamates (subject to hydrolysis) is 1. The average Bonchev–Trinajstić information content (AvgIpc) is 2.33. The smallest absolute Gasteiger partial charge is 0.407 e. The Labute approximate surface area is 117 Å². The van der Waals surface area contributed by atoms with E-state index >= 15 is 0 Å². The first-order valence-corrected chi connectivity index (χ1v) is 6.16. The Kier molecular flexibility index (Phi) is 5.37. The highest BCUT2D eigenvalue weighted by molar-refractivity contribution is 5.68. The number of aliphatic carboxylic acids is 1. The molecule has 0 spiro atoms. The van der Waals surface area contributed by atoms with E-state index in [-0.39, 0.29) is 6.61 Å². The van der Waals surface area contributed by atoms with Gasteiger partial charge in [-0.25, -0.2) is 9.59 Å². The van der Waals surface area contributed by atoms with Crippen LogP contribution in [0.3, 0.4) is 0 Å². The van der Waals surface area contributed by atoms with Crippen molar-refractivity contribution in [2.75, 3.05) is 6.61 Å². The Morgan fingerprint density at radius 1 is 1.20 bits per heavy atom. The summed E-state index contributed by atoms with van der Waals surface area (Å²) in [7, 11) is 0. The number of benzene rings is 1. The van der Waals surface area contributed by atoms with Crippen molar-refractivity contribution in [3.8, 4) is 5.75 Å². The molecule has 0 aliphatic carbocycles. The first-order chi connectivity index (χ1) is 9.26. The predicted molar refractivity (Wildman–Crippen MR) is 72.6 cm³/mol. The van der Waals surface area contributed by atoms with E-state index in [0.717, 1.165) is 5.56 Å². The molecule has 1 aromatic carbocycles. The van der Waals surface area contributed by atoms with Gasteiger partial charge in [0, 0.05) is 6.54 Å². The minimum absolute atomic E-state index is 0.328. The number of ether oxygens (including phenoxy) is 2. The van der Waals surface area contributed by atoms with Gasteiger partial charge in [0.05, 0.1) is 0 Å². The lowest BCUT2D eigenvalue weighted by Gasteiger charge is -2.19. The van der Waals surface area contributed by atoms with Crippen molar-refractivity contribution in [3.05, 3.63) is 29.8 Å². The molecule has 6 nitrogen and oxygen atoms in total. The summed E-state index contributed by atoms with van der Waals surface area (Å²) in [6.45, 7) is 5.33. The van der Waals surface area contributed by atoms with Gasteiger partial charge < -0.3 is 19.9 Å². The summed E-state index contributed by atoms with van der Waals surface area (Å²) >= 11 is 0. The number of carbonyl (C=O) groups is 2. The van der Waals surface area contributed by atoms with Crippen molar-refractivity contribution < 1.29 is 24.2 Å².